The van der Waals surface area contributed by atoms with Crippen LogP contribution in [0.15, 0.2) is 47.6 Å². The predicted octanol–water partition coefficient (Wildman–Crippen LogP) is 3.29. The fourth-order valence-electron chi connectivity index (χ4n) is 2.39. The molecule has 2 aromatic rings. The second-order valence-corrected chi connectivity index (χ2v) is 5.65. The summed E-state index contributed by atoms with van der Waals surface area (Å²) >= 11 is 0. The van der Waals surface area contributed by atoms with Crippen LogP contribution in [0.3, 0.4) is 0 Å². The van der Waals surface area contributed by atoms with Gasteiger partial charge >= 0.3 is 0 Å². The minimum Gasteiger partial charge on any atom is -0.273 e. The van der Waals surface area contributed by atoms with E-state index in [0.29, 0.717) is 5.56 Å². The minimum atomic E-state index is -0.471. The summed E-state index contributed by atoms with van der Waals surface area (Å²) in [6.45, 7) is 5.86. The molecular formula is C18H19N3O3. The molecule has 0 aromatic heterocycles. The highest BCUT2D eigenvalue weighted by molar-refractivity contribution is 6.00. The van der Waals surface area contributed by atoms with Crippen LogP contribution in [0, 0.1) is 24.0 Å². The number of carbonyl (C=O) groups is 1. The number of hydrogen-bond acceptors (Lipinski definition) is 4. The molecule has 6 heteroatoms. The van der Waals surface area contributed by atoms with Gasteiger partial charge in [0.05, 0.1) is 17.1 Å². The van der Waals surface area contributed by atoms with E-state index in [1.807, 2.05) is 32.9 Å². The van der Waals surface area contributed by atoms with E-state index in [-0.39, 0.29) is 18.0 Å². The standard InChI is InChI=1S/C18H19N3O3/c1-12-4-9-17(13(2)10-12)14(3)19-20-18(22)11-15-5-7-16(8-6-15)21(23)24/h4-10H,11H2,1-3H3,(H,20,22). The third kappa shape index (κ3) is 4.49. The molecular weight excluding hydrogens is 306 g/mol. The van der Waals surface area contributed by atoms with Crippen LogP contribution in [0.5, 0.6) is 0 Å². The second kappa shape index (κ2) is 7.50. The van der Waals surface area contributed by atoms with E-state index in [0.717, 1.165) is 16.8 Å². The monoisotopic (exact) mass is 325 g/mol. The van der Waals surface area contributed by atoms with Gasteiger partial charge < -0.3 is 0 Å². The zero-order valence-corrected chi connectivity index (χ0v) is 13.9. The van der Waals surface area contributed by atoms with Crippen LogP contribution in [0.4, 0.5) is 5.69 Å². The molecule has 1 amide bonds. The normalized spacial score (nSPS) is 11.2. The van der Waals surface area contributed by atoms with E-state index >= 15 is 0 Å². The third-order valence-corrected chi connectivity index (χ3v) is 3.63. The van der Waals surface area contributed by atoms with Crippen molar-refractivity contribution in [2.45, 2.75) is 27.2 Å². The lowest BCUT2D eigenvalue weighted by Crippen LogP contribution is -2.21. The van der Waals surface area contributed by atoms with Crippen molar-refractivity contribution in [3.63, 3.8) is 0 Å². The number of nitro groups is 1. The van der Waals surface area contributed by atoms with E-state index in [4.69, 9.17) is 0 Å². The summed E-state index contributed by atoms with van der Waals surface area (Å²) in [4.78, 5) is 22.1. The highest BCUT2D eigenvalue weighted by Gasteiger charge is 2.08. The Morgan fingerprint density at radius 1 is 1.17 bits per heavy atom. The zero-order chi connectivity index (χ0) is 17.7. The van der Waals surface area contributed by atoms with Crippen molar-refractivity contribution >= 4 is 17.3 Å². The quantitative estimate of drug-likeness (QED) is 0.520. The smallest absolute Gasteiger partial charge is 0.269 e. The van der Waals surface area contributed by atoms with Gasteiger partial charge in [0.25, 0.3) is 5.69 Å². The molecule has 24 heavy (non-hydrogen) atoms. The molecule has 0 atom stereocenters. The van der Waals surface area contributed by atoms with Crippen molar-refractivity contribution in [2.24, 2.45) is 5.10 Å². The number of hydrazone groups is 1. The molecule has 0 saturated carbocycles. The minimum absolute atomic E-state index is 0.00266. The number of hydrogen-bond donors (Lipinski definition) is 1. The number of carbonyl (C=O) groups excluding carboxylic acids is 1. The van der Waals surface area contributed by atoms with E-state index in [9.17, 15) is 14.9 Å². The topological polar surface area (TPSA) is 84.6 Å². The summed E-state index contributed by atoms with van der Waals surface area (Å²) in [5.74, 6) is -0.270. The van der Waals surface area contributed by atoms with Gasteiger partial charge in [-0.25, -0.2) is 5.43 Å². The van der Waals surface area contributed by atoms with E-state index < -0.39 is 4.92 Å². The summed E-state index contributed by atoms with van der Waals surface area (Å²) < 4.78 is 0. The Kier molecular flexibility index (Phi) is 5.42. The van der Waals surface area contributed by atoms with Crippen molar-refractivity contribution in [3.05, 3.63) is 74.8 Å². The Morgan fingerprint density at radius 2 is 1.83 bits per heavy atom. The lowest BCUT2D eigenvalue weighted by atomic mass is 10.0. The maximum absolute atomic E-state index is 12.0. The maximum Gasteiger partial charge on any atom is 0.269 e. The van der Waals surface area contributed by atoms with Crippen LogP contribution in [0.1, 0.15) is 29.2 Å². The van der Waals surface area contributed by atoms with Gasteiger partial charge in [-0.3, -0.25) is 14.9 Å². The van der Waals surface area contributed by atoms with Crippen molar-refractivity contribution in [2.75, 3.05) is 0 Å². The number of rotatable bonds is 5. The molecule has 0 heterocycles. The molecule has 0 saturated heterocycles. The molecule has 0 bridgehead atoms. The number of nitrogens with one attached hydrogen (secondary N) is 1. The van der Waals surface area contributed by atoms with Crippen molar-refractivity contribution < 1.29 is 9.72 Å². The number of benzene rings is 2. The number of nitrogens with zero attached hydrogens (tertiary/aromatic N) is 2. The average molecular weight is 325 g/mol. The third-order valence-electron chi connectivity index (χ3n) is 3.63. The number of aryl methyl sites for hydroxylation is 2. The highest BCUT2D eigenvalue weighted by Crippen LogP contribution is 2.13. The van der Waals surface area contributed by atoms with Crippen molar-refractivity contribution in [3.8, 4) is 0 Å². The Morgan fingerprint density at radius 3 is 2.42 bits per heavy atom. The fourth-order valence-corrected chi connectivity index (χ4v) is 2.39. The Bertz CT molecular complexity index is 796. The van der Waals surface area contributed by atoms with E-state index in [2.05, 4.69) is 16.6 Å². The van der Waals surface area contributed by atoms with Crippen molar-refractivity contribution in [1.82, 2.24) is 5.43 Å². The van der Waals surface area contributed by atoms with Gasteiger partial charge in [-0.1, -0.05) is 35.9 Å². The molecule has 6 nitrogen and oxygen atoms in total. The summed E-state index contributed by atoms with van der Waals surface area (Å²) in [6, 6.07) is 11.9. The zero-order valence-electron chi connectivity index (χ0n) is 13.9. The fraction of sp³-hybridized carbons (Fsp3) is 0.222. The SMILES string of the molecule is CC(=NNC(=O)Cc1ccc([N+](=O)[O-])cc1)c1ccc(C)cc1C. The molecule has 0 radical (unpaired) electrons. The first kappa shape index (κ1) is 17.3. The van der Waals surface area contributed by atoms with Crippen LogP contribution >= 0.6 is 0 Å². The molecule has 1 N–H and O–H groups in total. The Hall–Kier alpha value is -3.02. The average Bonchev–Trinajstić information content (AvgIpc) is 2.53. The molecule has 124 valence electrons. The molecule has 2 aromatic carbocycles. The number of non-ortho nitro benzene ring substituents is 1. The summed E-state index contributed by atoms with van der Waals surface area (Å²) in [6.07, 6.45) is 0.113. The summed E-state index contributed by atoms with van der Waals surface area (Å²) in [7, 11) is 0. The van der Waals surface area contributed by atoms with Crippen LogP contribution in [-0.2, 0) is 11.2 Å². The predicted molar refractivity (Wildman–Crippen MR) is 93.1 cm³/mol. The molecule has 0 aliphatic rings. The van der Waals surface area contributed by atoms with E-state index in [1.54, 1.807) is 12.1 Å². The summed E-state index contributed by atoms with van der Waals surface area (Å²) in [5.41, 5.74) is 7.20. The van der Waals surface area contributed by atoms with Gasteiger partial charge in [0.15, 0.2) is 0 Å². The maximum atomic E-state index is 12.0. The largest absolute Gasteiger partial charge is 0.273 e. The summed E-state index contributed by atoms with van der Waals surface area (Å²) in [5, 5.41) is 14.7. The first-order valence-electron chi connectivity index (χ1n) is 7.51. The van der Waals surface area contributed by atoms with Gasteiger partial charge in [-0.2, -0.15) is 5.10 Å². The van der Waals surface area contributed by atoms with Crippen LogP contribution in [0.25, 0.3) is 0 Å². The highest BCUT2D eigenvalue weighted by atomic mass is 16.6. The van der Waals surface area contributed by atoms with Gasteiger partial charge in [0, 0.05) is 17.7 Å². The van der Waals surface area contributed by atoms with Gasteiger partial charge in [-0.15, -0.1) is 0 Å². The van der Waals surface area contributed by atoms with Crippen LogP contribution < -0.4 is 5.43 Å². The molecule has 0 fully saturated rings. The Balaban J connectivity index is 2.00. The van der Waals surface area contributed by atoms with E-state index in [1.165, 1.54) is 17.7 Å². The van der Waals surface area contributed by atoms with Gasteiger partial charge in [-0.05, 0) is 31.9 Å². The number of nitro benzene ring substituents is 1. The number of amides is 1. The molecule has 0 unspecified atom stereocenters. The van der Waals surface area contributed by atoms with Gasteiger partial charge in [0.1, 0.15) is 0 Å². The van der Waals surface area contributed by atoms with Crippen molar-refractivity contribution in [1.29, 1.82) is 0 Å². The molecule has 0 aliphatic heterocycles. The van der Waals surface area contributed by atoms with Crippen LogP contribution in [0.2, 0.25) is 0 Å². The molecule has 2 rings (SSSR count). The first-order valence-corrected chi connectivity index (χ1v) is 7.51. The lowest BCUT2D eigenvalue weighted by Gasteiger charge is -2.07. The molecule has 0 spiro atoms. The van der Waals surface area contributed by atoms with Crippen LogP contribution in [-0.4, -0.2) is 16.5 Å². The first-order chi connectivity index (χ1) is 11.4. The second-order valence-electron chi connectivity index (χ2n) is 5.65. The molecule has 0 aliphatic carbocycles. The van der Waals surface area contributed by atoms with Gasteiger partial charge in [0.2, 0.25) is 5.91 Å². The lowest BCUT2D eigenvalue weighted by molar-refractivity contribution is -0.384. The Labute approximate surface area is 140 Å².